The molecule has 2 fully saturated rings. The normalized spacial score (nSPS) is 26.7. The first kappa shape index (κ1) is 15.7. The Morgan fingerprint density at radius 2 is 2.22 bits per heavy atom. The Bertz CT molecular complexity index is 699. The third kappa shape index (κ3) is 2.65. The molecule has 1 aromatic rings. The quantitative estimate of drug-likeness (QED) is 0.797. The Morgan fingerprint density at radius 1 is 1.43 bits per heavy atom. The molecule has 7 heteroatoms. The minimum absolute atomic E-state index is 0.0170. The number of amides is 2. The fourth-order valence-corrected chi connectivity index (χ4v) is 3.69. The van der Waals surface area contributed by atoms with Crippen LogP contribution in [0, 0.1) is 18.3 Å². The molecule has 0 bridgehead atoms. The average Bonchev–Trinajstić information content (AvgIpc) is 2.93. The first-order valence-corrected chi connectivity index (χ1v) is 7.76. The van der Waals surface area contributed by atoms with Crippen LogP contribution in [-0.2, 0) is 9.53 Å². The number of nitrogens with zero attached hydrogens (tertiary/aromatic N) is 1. The van der Waals surface area contributed by atoms with Gasteiger partial charge in [-0.05, 0) is 25.0 Å². The fraction of sp³-hybridized carbons (Fsp3) is 0.562. The molecule has 0 aromatic carbocycles. The zero-order valence-electron chi connectivity index (χ0n) is 13.3. The van der Waals surface area contributed by atoms with Gasteiger partial charge in [-0.15, -0.1) is 0 Å². The Hall–Kier alpha value is -2.15. The minimum Gasteiger partial charge on any atom is -0.381 e. The van der Waals surface area contributed by atoms with E-state index in [1.165, 1.54) is 6.07 Å². The van der Waals surface area contributed by atoms with Gasteiger partial charge in [-0.1, -0.05) is 0 Å². The van der Waals surface area contributed by atoms with Gasteiger partial charge in [0.2, 0.25) is 11.5 Å². The van der Waals surface area contributed by atoms with Crippen LogP contribution in [-0.4, -0.2) is 55.0 Å². The molecule has 1 aromatic heterocycles. The van der Waals surface area contributed by atoms with Gasteiger partial charge in [-0.2, -0.15) is 0 Å². The summed E-state index contributed by atoms with van der Waals surface area (Å²) in [4.78, 5) is 41.0. The summed E-state index contributed by atoms with van der Waals surface area (Å²) in [6.45, 7) is 3.59. The van der Waals surface area contributed by atoms with Gasteiger partial charge in [-0.25, -0.2) is 0 Å². The highest BCUT2D eigenvalue weighted by atomic mass is 16.5. The Balaban J connectivity index is 1.89. The number of nitrogens with one attached hydrogen (secondary N) is 2. The van der Waals surface area contributed by atoms with Crippen LogP contribution in [0.5, 0.6) is 0 Å². The van der Waals surface area contributed by atoms with Gasteiger partial charge in [0.15, 0.2) is 0 Å². The summed E-state index contributed by atoms with van der Waals surface area (Å²) in [5.74, 6) is -0.306. The maximum atomic E-state index is 12.7. The van der Waals surface area contributed by atoms with Gasteiger partial charge >= 0.3 is 0 Å². The second-order valence-corrected chi connectivity index (χ2v) is 6.38. The molecule has 0 radical (unpaired) electrons. The van der Waals surface area contributed by atoms with Crippen LogP contribution in [0.15, 0.2) is 16.9 Å². The van der Waals surface area contributed by atoms with Gasteiger partial charge in [0.25, 0.3) is 5.91 Å². The van der Waals surface area contributed by atoms with E-state index in [9.17, 15) is 14.4 Å². The molecule has 124 valence electrons. The highest BCUT2D eigenvalue weighted by Gasteiger charge is 2.54. The summed E-state index contributed by atoms with van der Waals surface area (Å²) < 4.78 is 5.50. The van der Waals surface area contributed by atoms with E-state index in [-0.39, 0.29) is 29.0 Å². The standard InChI is InChI=1S/C16H21N3O4/c1-10-5-12(18-13(20)6-10)14(21)19-7-11-8-23-4-3-16(11,9-19)15(22)17-2/h5-6,11H,3-4,7-9H2,1-2H3,(H,17,22)(H,18,20)/t11-,16+/m1/s1. The zero-order chi connectivity index (χ0) is 16.6. The summed E-state index contributed by atoms with van der Waals surface area (Å²) in [5.41, 5.74) is 0.112. The van der Waals surface area contributed by atoms with Crippen LogP contribution in [0.4, 0.5) is 0 Å². The number of aromatic amines is 1. The van der Waals surface area contributed by atoms with E-state index in [4.69, 9.17) is 4.74 Å². The number of H-pyrrole nitrogens is 1. The maximum Gasteiger partial charge on any atom is 0.270 e. The minimum atomic E-state index is -0.590. The van der Waals surface area contributed by atoms with Gasteiger partial charge in [0.05, 0.1) is 12.0 Å². The van der Waals surface area contributed by atoms with Crippen LogP contribution in [0.1, 0.15) is 22.5 Å². The lowest BCUT2D eigenvalue weighted by atomic mass is 9.73. The SMILES string of the molecule is CNC(=O)[C@]12CCOC[C@H]1CN(C(=O)c1cc(C)cc(=O)[nH]1)C2. The van der Waals surface area contributed by atoms with Gasteiger partial charge in [0.1, 0.15) is 5.69 Å². The predicted octanol–water partition coefficient (Wildman–Crippen LogP) is -0.0920. The summed E-state index contributed by atoms with van der Waals surface area (Å²) in [6, 6.07) is 3.11. The van der Waals surface area contributed by atoms with Crippen LogP contribution in [0.2, 0.25) is 0 Å². The van der Waals surface area contributed by atoms with E-state index < -0.39 is 5.41 Å². The molecule has 7 nitrogen and oxygen atoms in total. The summed E-state index contributed by atoms with van der Waals surface area (Å²) in [7, 11) is 1.62. The lowest BCUT2D eigenvalue weighted by molar-refractivity contribution is -0.138. The average molecular weight is 319 g/mol. The largest absolute Gasteiger partial charge is 0.381 e. The molecule has 2 saturated heterocycles. The molecule has 2 N–H and O–H groups in total. The monoisotopic (exact) mass is 319 g/mol. The number of carbonyl (C=O) groups is 2. The smallest absolute Gasteiger partial charge is 0.270 e. The topological polar surface area (TPSA) is 91.5 Å². The fourth-order valence-electron chi connectivity index (χ4n) is 3.69. The highest BCUT2D eigenvalue weighted by Crippen LogP contribution is 2.42. The molecule has 2 aliphatic rings. The molecule has 0 unspecified atom stereocenters. The number of carbonyl (C=O) groups excluding carboxylic acids is 2. The van der Waals surface area contributed by atoms with Crippen molar-refractivity contribution in [3.8, 4) is 0 Å². The lowest BCUT2D eigenvalue weighted by Crippen LogP contribution is -2.49. The van der Waals surface area contributed by atoms with Crippen molar-refractivity contribution in [1.82, 2.24) is 15.2 Å². The second kappa shape index (κ2) is 5.81. The van der Waals surface area contributed by atoms with E-state index in [0.717, 1.165) is 5.56 Å². The van der Waals surface area contributed by atoms with Crippen LogP contribution >= 0.6 is 0 Å². The summed E-state index contributed by atoms with van der Waals surface area (Å²) in [6.07, 6.45) is 0.603. The summed E-state index contributed by atoms with van der Waals surface area (Å²) >= 11 is 0. The van der Waals surface area contributed by atoms with Crippen molar-refractivity contribution in [3.63, 3.8) is 0 Å². The number of rotatable bonds is 2. The molecule has 0 saturated carbocycles. The van der Waals surface area contributed by atoms with Crippen molar-refractivity contribution in [2.45, 2.75) is 13.3 Å². The van der Waals surface area contributed by atoms with Crippen molar-refractivity contribution >= 4 is 11.8 Å². The van der Waals surface area contributed by atoms with E-state index in [1.54, 1.807) is 24.9 Å². The maximum absolute atomic E-state index is 12.7. The molecule has 3 rings (SSSR count). The molecule has 2 amide bonds. The number of aryl methyl sites for hydroxylation is 1. The van der Waals surface area contributed by atoms with Crippen molar-refractivity contribution in [2.24, 2.45) is 11.3 Å². The molecule has 2 aliphatic heterocycles. The predicted molar refractivity (Wildman–Crippen MR) is 83.1 cm³/mol. The van der Waals surface area contributed by atoms with E-state index in [1.807, 2.05) is 0 Å². The molecular weight excluding hydrogens is 298 g/mol. The molecule has 0 spiro atoms. The Morgan fingerprint density at radius 3 is 2.91 bits per heavy atom. The Labute approximate surface area is 134 Å². The van der Waals surface area contributed by atoms with Gasteiger partial charge in [-0.3, -0.25) is 14.4 Å². The number of aromatic nitrogens is 1. The number of pyridine rings is 1. The van der Waals surface area contributed by atoms with E-state index >= 15 is 0 Å². The zero-order valence-corrected chi connectivity index (χ0v) is 13.3. The van der Waals surface area contributed by atoms with Crippen molar-refractivity contribution < 1.29 is 14.3 Å². The Kier molecular flexibility index (Phi) is 3.97. The van der Waals surface area contributed by atoms with Crippen LogP contribution in [0.25, 0.3) is 0 Å². The van der Waals surface area contributed by atoms with Crippen molar-refractivity contribution in [1.29, 1.82) is 0 Å². The third-order valence-electron chi connectivity index (χ3n) is 4.89. The number of hydrogen-bond acceptors (Lipinski definition) is 4. The molecule has 2 atom stereocenters. The van der Waals surface area contributed by atoms with Crippen LogP contribution < -0.4 is 10.9 Å². The number of ether oxygens (including phenoxy) is 1. The highest BCUT2D eigenvalue weighted by molar-refractivity contribution is 5.94. The van der Waals surface area contributed by atoms with Gasteiger partial charge < -0.3 is 19.9 Å². The first-order chi connectivity index (χ1) is 11.0. The number of fused-ring (bicyclic) bond motifs is 1. The second-order valence-electron chi connectivity index (χ2n) is 6.38. The summed E-state index contributed by atoms with van der Waals surface area (Å²) in [5, 5.41) is 2.72. The van der Waals surface area contributed by atoms with Crippen molar-refractivity contribution in [2.75, 3.05) is 33.4 Å². The van der Waals surface area contributed by atoms with E-state index in [2.05, 4.69) is 10.3 Å². The number of hydrogen-bond donors (Lipinski definition) is 2. The third-order valence-corrected chi connectivity index (χ3v) is 4.89. The molecule has 23 heavy (non-hydrogen) atoms. The molecule has 0 aliphatic carbocycles. The van der Waals surface area contributed by atoms with Crippen molar-refractivity contribution in [3.05, 3.63) is 33.7 Å². The molecular formula is C16H21N3O4. The van der Waals surface area contributed by atoms with E-state index in [0.29, 0.717) is 32.7 Å². The molecule has 3 heterocycles. The van der Waals surface area contributed by atoms with Crippen LogP contribution in [0.3, 0.4) is 0 Å². The van der Waals surface area contributed by atoms with Gasteiger partial charge in [0, 0.05) is 38.7 Å². The first-order valence-electron chi connectivity index (χ1n) is 7.76. The lowest BCUT2D eigenvalue weighted by Gasteiger charge is -2.36. The number of likely N-dealkylation sites (tertiary alicyclic amines) is 1.